The molecule has 4 N–H and O–H groups in total. The second-order valence-electron chi connectivity index (χ2n) is 5.41. The first-order chi connectivity index (χ1) is 9.83. The molecule has 112 valence electrons. The summed E-state index contributed by atoms with van der Waals surface area (Å²) in [5.74, 6) is 6.39. The average molecular weight is 294 g/mol. The molecule has 1 aromatic rings. The van der Waals surface area contributed by atoms with Crippen molar-refractivity contribution in [2.45, 2.75) is 64.0 Å². The third kappa shape index (κ3) is 4.49. The number of nitrogens with zero attached hydrogens (tertiary/aromatic N) is 1. The minimum atomic E-state index is 0.304. The summed E-state index contributed by atoms with van der Waals surface area (Å²) >= 11 is 1.78. The Hall–Kier alpha value is -1.07. The molecule has 1 aliphatic carbocycles. The van der Waals surface area contributed by atoms with Gasteiger partial charge in [-0.05, 0) is 30.7 Å². The van der Waals surface area contributed by atoms with Crippen molar-refractivity contribution >= 4 is 17.3 Å². The number of nitrogens with one attached hydrogen (secondary N) is 2. The normalized spacial score (nSPS) is 18.8. The van der Waals surface area contributed by atoms with Crippen molar-refractivity contribution in [3.05, 3.63) is 22.4 Å². The first-order valence-corrected chi connectivity index (χ1v) is 8.55. The molecule has 0 aromatic carbocycles. The minimum absolute atomic E-state index is 0.304. The number of aliphatic imine (C=N–C) groups is 1. The van der Waals surface area contributed by atoms with Crippen molar-refractivity contribution in [2.75, 3.05) is 0 Å². The fourth-order valence-electron chi connectivity index (χ4n) is 2.74. The van der Waals surface area contributed by atoms with Gasteiger partial charge in [-0.15, -0.1) is 11.3 Å². The van der Waals surface area contributed by atoms with Crippen molar-refractivity contribution in [1.82, 2.24) is 10.7 Å². The van der Waals surface area contributed by atoms with E-state index in [1.165, 1.54) is 37.0 Å². The number of nitrogens with two attached hydrogens (primary N) is 1. The first kappa shape index (κ1) is 15.3. The van der Waals surface area contributed by atoms with Gasteiger partial charge in [0.2, 0.25) is 5.96 Å². The number of thiophene rings is 1. The van der Waals surface area contributed by atoms with E-state index in [0.717, 1.165) is 18.8 Å². The van der Waals surface area contributed by atoms with Gasteiger partial charge in [0.25, 0.3) is 0 Å². The molecule has 0 radical (unpaired) electrons. The van der Waals surface area contributed by atoms with Gasteiger partial charge in [0, 0.05) is 4.88 Å². The van der Waals surface area contributed by atoms with E-state index in [2.05, 4.69) is 35.2 Å². The van der Waals surface area contributed by atoms with E-state index in [9.17, 15) is 0 Å². The van der Waals surface area contributed by atoms with Crippen LogP contribution in [0.25, 0.3) is 0 Å². The predicted molar refractivity (Wildman–Crippen MR) is 86.7 cm³/mol. The number of hydrogen-bond acceptors (Lipinski definition) is 3. The van der Waals surface area contributed by atoms with Crippen LogP contribution < -0.4 is 16.6 Å². The van der Waals surface area contributed by atoms with Gasteiger partial charge in [-0.25, -0.2) is 10.8 Å². The summed E-state index contributed by atoms with van der Waals surface area (Å²) in [4.78, 5) is 6.11. The Morgan fingerprint density at radius 2 is 2.25 bits per heavy atom. The Kier molecular flexibility index (Phi) is 6.33. The van der Waals surface area contributed by atoms with Gasteiger partial charge in [0.05, 0.1) is 12.1 Å². The number of guanidine groups is 1. The molecule has 0 saturated heterocycles. The molecule has 5 heteroatoms. The second kappa shape index (κ2) is 8.27. The Bertz CT molecular complexity index is 396. The highest BCUT2D eigenvalue weighted by Gasteiger charge is 2.16. The van der Waals surface area contributed by atoms with Gasteiger partial charge in [0.1, 0.15) is 0 Å². The van der Waals surface area contributed by atoms with E-state index < -0.39 is 0 Å². The summed E-state index contributed by atoms with van der Waals surface area (Å²) in [6.45, 7) is 2.20. The van der Waals surface area contributed by atoms with E-state index >= 15 is 0 Å². The topological polar surface area (TPSA) is 62.4 Å². The van der Waals surface area contributed by atoms with Crippen LogP contribution in [0.4, 0.5) is 0 Å². The van der Waals surface area contributed by atoms with Gasteiger partial charge in [-0.1, -0.05) is 38.7 Å². The van der Waals surface area contributed by atoms with Crippen LogP contribution in [0.2, 0.25) is 0 Å². The molecule has 1 aliphatic rings. The average Bonchev–Trinajstić information content (AvgIpc) is 3.01. The number of rotatable bonds is 5. The molecule has 1 atom stereocenters. The zero-order chi connectivity index (χ0) is 14.2. The van der Waals surface area contributed by atoms with Gasteiger partial charge in [-0.2, -0.15) is 0 Å². The lowest BCUT2D eigenvalue weighted by Crippen LogP contribution is -2.44. The highest BCUT2D eigenvalue weighted by Crippen LogP contribution is 2.24. The summed E-state index contributed by atoms with van der Waals surface area (Å²) in [6, 6.07) is 5.00. The second-order valence-corrected chi connectivity index (χ2v) is 6.39. The molecule has 0 amide bonds. The highest BCUT2D eigenvalue weighted by molar-refractivity contribution is 7.10. The lowest BCUT2D eigenvalue weighted by atomic mass is 9.96. The standard InChI is InChI=1S/C15H26N4S/c1-2-7-13(14-10-6-11-20-14)18-15(19-16)17-12-8-4-3-5-9-12/h6,10-13H,2-5,7-9,16H2,1H3,(H2,17,18,19). The summed E-state index contributed by atoms with van der Waals surface area (Å²) < 4.78 is 0. The minimum Gasteiger partial charge on any atom is -0.348 e. The summed E-state index contributed by atoms with van der Waals surface area (Å²) in [5.41, 5.74) is 2.74. The molecule has 0 bridgehead atoms. The molecule has 1 heterocycles. The largest absolute Gasteiger partial charge is 0.348 e. The van der Waals surface area contributed by atoms with Crippen molar-refractivity contribution in [3.63, 3.8) is 0 Å². The molecular formula is C15H26N4S. The van der Waals surface area contributed by atoms with E-state index in [1.807, 2.05) is 0 Å². The number of hydrogen-bond donors (Lipinski definition) is 3. The Morgan fingerprint density at radius 3 is 2.85 bits per heavy atom. The highest BCUT2D eigenvalue weighted by atomic mass is 32.1. The van der Waals surface area contributed by atoms with Crippen LogP contribution in [0.3, 0.4) is 0 Å². The van der Waals surface area contributed by atoms with Crippen LogP contribution in [0.15, 0.2) is 22.5 Å². The maximum Gasteiger partial charge on any atom is 0.206 e. The van der Waals surface area contributed by atoms with E-state index in [1.54, 1.807) is 11.3 Å². The van der Waals surface area contributed by atoms with Crippen LogP contribution in [0, 0.1) is 0 Å². The quantitative estimate of drug-likeness (QED) is 0.338. The van der Waals surface area contributed by atoms with E-state index in [4.69, 9.17) is 10.8 Å². The van der Waals surface area contributed by atoms with E-state index in [0.29, 0.717) is 12.1 Å². The van der Waals surface area contributed by atoms with Crippen LogP contribution in [0.5, 0.6) is 0 Å². The van der Waals surface area contributed by atoms with Gasteiger partial charge in [0.15, 0.2) is 0 Å². The van der Waals surface area contributed by atoms with Crippen molar-refractivity contribution in [1.29, 1.82) is 0 Å². The van der Waals surface area contributed by atoms with Crippen LogP contribution >= 0.6 is 11.3 Å². The first-order valence-electron chi connectivity index (χ1n) is 7.67. The molecule has 0 spiro atoms. The van der Waals surface area contributed by atoms with E-state index in [-0.39, 0.29) is 0 Å². The molecule has 2 rings (SSSR count). The van der Waals surface area contributed by atoms with Crippen molar-refractivity contribution in [3.8, 4) is 0 Å². The van der Waals surface area contributed by atoms with Crippen LogP contribution in [-0.4, -0.2) is 12.0 Å². The molecule has 1 aromatic heterocycles. The van der Waals surface area contributed by atoms with Crippen molar-refractivity contribution in [2.24, 2.45) is 10.8 Å². The van der Waals surface area contributed by atoms with Gasteiger partial charge in [-0.3, -0.25) is 5.43 Å². The lowest BCUT2D eigenvalue weighted by molar-refractivity contribution is 0.439. The fraction of sp³-hybridized carbons (Fsp3) is 0.667. The lowest BCUT2D eigenvalue weighted by Gasteiger charge is -2.22. The zero-order valence-electron chi connectivity index (χ0n) is 12.3. The fourth-order valence-corrected chi connectivity index (χ4v) is 3.55. The maximum absolute atomic E-state index is 5.65. The van der Waals surface area contributed by atoms with Crippen molar-refractivity contribution < 1.29 is 0 Å². The van der Waals surface area contributed by atoms with Gasteiger partial charge >= 0.3 is 0 Å². The summed E-state index contributed by atoms with van der Waals surface area (Å²) in [6.07, 6.45) is 8.51. The number of hydrazine groups is 1. The van der Waals surface area contributed by atoms with Crippen LogP contribution in [-0.2, 0) is 0 Å². The molecule has 20 heavy (non-hydrogen) atoms. The molecular weight excluding hydrogens is 268 g/mol. The third-order valence-electron chi connectivity index (χ3n) is 3.80. The molecule has 1 fully saturated rings. The smallest absolute Gasteiger partial charge is 0.206 e. The predicted octanol–water partition coefficient (Wildman–Crippen LogP) is 3.33. The van der Waals surface area contributed by atoms with Gasteiger partial charge < -0.3 is 5.32 Å². The molecule has 0 aliphatic heterocycles. The molecule has 1 saturated carbocycles. The van der Waals surface area contributed by atoms with Crippen LogP contribution in [0.1, 0.15) is 62.8 Å². The monoisotopic (exact) mass is 294 g/mol. The Morgan fingerprint density at radius 1 is 1.45 bits per heavy atom. The Balaban J connectivity index is 2.00. The SMILES string of the molecule is CCCC(NC(=NC1CCCCC1)NN)c1cccs1. The third-order valence-corrected chi connectivity index (χ3v) is 4.78. The maximum atomic E-state index is 5.65. The molecule has 1 unspecified atom stereocenters. The Labute approximate surface area is 125 Å². The zero-order valence-corrected chi connectivity index (χ0v) is 13.1. The molecule has 4 nitrogen and oxygen atoms in total. The summed E-state index contributed by atoms with van der Waals surface area (Å²) in [7, 11) is 0. The summed E-state index contributed by atoms with van der Waals surface area (Å²) in [5, 5.41) is 5.60.